The van der Waals surface area contributed by atoms with E-state index in [1.54, 1.807) is 14.2 Å². The second-order valence-corrected chi connectivity index (χ2v) is 6.35. The highest BCUT2D eigenvalue weighted by molar-refractivity contribution is 5.92. The molecule has 0 amide bonds. The van der Waals surface area contributed by atoms with Crippen LogP contribution < -0.4 is 25.4 Å². The van der Waals surface area contributed by atoms with Crippen LogP contribution in [0.4, 0.5) is 11.4 Å². The molecule has 6 heteroatoms. The summed E-state index contributed by atoms with van der Waals surface area (Å²) < 4.78 is 10.6. The first-order valence-electron chi connectivity index (χ1n) is 8.78. The number of rotatable bonds is 6. The van der Waals surface area contributed by atoms with Crippen LogP contribution in [0.25, 0.3) is 0 Å². The summed E-state index contributed by atoms with van der Waals surface area (Å²) in [6, 6.07) is 15.7. The molecule has 0 spiro atoms. The van der Waals surface area contributed by atoms with Gasteiger partial charge in [0.05, 0.1) is 19.9 Å². The Balaban J connectivity index is 1.53. The number of nitrogens with zero attached hydrogens (tertiary/aromatic N) is 2. The molecule has 1 unspecified atom stereocenters. The van der Waals surface area contributed by atoms with Gasteiger partial charge in [-0.25, -0.2) is 0 Å². The molecule has 3 N–H and O–H groups in total. The predicted molar refractivity (Wildman–Crippen MR) is 106 cm³/mol. The third kappa shape index (κ3) is 4.39. The van der Waals surface area contributed by atoms with Crippen LogP contribution in [0, 0.1) is 5.92 Å². The second-order valence-electron chi connectivity index (χ2n) is 6.35. The van der Waals surface area contributed by atoms with E-state index in [0.717, 1.165) is 42.4 Å². The summed E-state index contributed by atoms with van der Waals surface area (Å²) in [5.41, 5.74) is 8.06. The number of ether oxygens (including phenoxy) is 2. The van der Waals surface area contributed by atoms with Gasteiger partial charge in [-0.2, -0.15) is 0 Å². The maximum absolute atomic E-state index is 6.02. The zero-order chi connectivity index (χ0) is 18.4. The van der Waals surface area contributed by atoms with E-state index in [1.807, 2.05) is 42.5 Å². The Labute approximate surface area is 154 Å². The number of hydrogen-bond acceptors (Lipinski definition) is 4. The van der Waals surface area contributed by atoms with Gasteiger partial charge in [0, 0.05) is 25.3 Å². The molecule has 138 valence electrons. The fraction of sp³-hybridized carbons (Fsp3) is 0.350. The van der Waals surface area contributed by atoms with Crippen molar-refractivity contribution in [3.63, 3.8) is 0 Å². The molecule has 6 nitrogen and oxygen atoms in total. The van der Waals surface area contributed by atoms with Crippen LogP contribution >= 0.6 is 0 Å². The summed E-state index contributed by atoms with van der Waals surface area (Å²) >= 11 is 0. The van der Waals surface area contributed by atoms with Gasteiger partial charge in [0.1, 0.15) is 11.5 Å². The van der Waals surface area contributed by atoms with Crippen molar-refractivity contribution in [2.45, 2.75) is 6.42 Å². The molecule has 26 heavy (non-hydrogen) atoms. The van der Waals surface area contributed by atoms with Gasteiger partial charge in [-0.3, -0.25) is 4.99 Å². The maximum atomic E-state index is 6.02. The molecule has 0 aliphatic carbocycles. The standard InChI is InChI=1S/C20H26N4O2/c1-25-17-9-7-16(8-10-17)23-20(21)22-13-15-11-12-24(14-15)18-5-3-4-6-19(18)26-2/h3-10,15H,11-14H2,1-2H3,(H3,21,22,23). The number of nitrogens with one attached hydrogen (secondary N) is 1. The third-order valence-electron chi connectivity index (χ3n) is 4.59. The highest BCUT2D eigenvalue weighted by atomic mass is 16.5. The van der Waals surface area contributed by atoms with Crippen molar-refractivity contribution in [3.8, 4) is 11.5 Å². The smallest absolute Gasteiger partial charge is 0.193 e. The van der Waals surface area contributed by atoms with Crippen molar-refractivity contribution in [2.24, 2.45) is 16.6 Å². The van der Waals surface area contributed by atoms with E-state index in [4.69, 9.17) is 15.2 Å². The maximum Gasteiger partial charge on any atom is 0.193 e. The molecule has 1 aliphatic heterocycles. The molecule has 0 aromatic heterocycles. The Kier molecular flexibility index (Phi) is 5.84. The first-order chi connectivity index (χ1) is 12.7. The minimum Gasteiger partial charge on any atom is -0.497 e. The normalized spacial score (nSPS) is 17.2. The highest BCUT2D eigenvalue weighted by Gasteiger charge is 2.24. The second kappa shape index (κ2) is 8.47. The molecule has 3 rings (SSSR count). The molecule has 1 fully saturated rings. The van der Waals surface area contributed by atoms with Crippen molar-refractivity contribution in [1.82, 2.24) is 0 Å². The average molecular weight is 354 g/mol. The minimum absolute atomic E-state index is 0.436. The van der Waals surface area contributed by atoms with Crippen LogP contribution in [0.2, 0.25) is 0 Å². The zero-order valence-electron chi connectivity index (χ0n) is 15.3. The molecular formula is C20H26N4O2. The van der Waals surface area contributed by atoms with E-state index in [2.05, 4.69) is 21.3 Å². The molecule has 1 atom stereocenters. The number of benzene rings is 2. The Hall–Kier alpha value is -2.89. The van der Waals surface area contributed by atoms with Gasteiger partial charge in [0.2, 0.25) is 0 Å². The van der Waals surface area contributed by atoms with Crippen molar-refractivity contribution in [2.75, 3.05) is 44.1 Å². The Morgan fingerprint density at radius 3 is 2.65 bits per heavy atom. The highest BCUT2D eigenvalue weighted by Crippen LogP contribution is 2.31. The molecule has 2 aromatic carbocycles. The van der Waals surface area contributed by atoms with Crippen LogP contribution in [0.1, 0.15) is 6.42 Å². The van der Waals surface area contributed by atoms with Crippen LogP contribution in [-0.4, -0.2) is 39.8 Å². The number of aliphatic imine (C=N–C) groups is 1. The number of methoxy groups -OCH3 is 2. The lowest BCUT2D eigenvalue weighted by Crippen LogP contribution is -2.25. The van der Waals surface area contributed by atoms with Crippen molar-refractivity contribution in [1.29, 1.82) is 0 Å². The predicted octanol–water partition coefficient (Wildman–Crippen LogP) is 2.96. The zero-order valence-corrected chi connectivity index (χ0v) is 15.3. The molecule has 1 aliphatic rings. The van der Waals surface area contributed by atoms with Crippen LogP contribution in [0.15, 0.2) is 53.5 Å². The number of hydrogen-bond donors (Lipinski definition) is 2. The molecule has 0 saturated carbocycles. The summed E-state index contributed by atoms with van der Waals surface area (Å²) in [5.74, 6) is 2.65. The van der Waals surface area contributed by atoms with Gasteiger partial charge < -0.3 is 25.4 Å². The molecule has 1 heterocycles. The largest absolute Gasteiger partial charge is 0.497 e. The first kappa shape index (κ1) is 17.9. The monoisotopic (exact) mass is 354 g/mol. The van der Waals surface area contributed by atoms with E-state index in [1.165, 1.54) is 0 Å². The number of nitrogens with two attached hydrogens (primary N) is 1. The summed E-state index contributed by atoms with van der Waals surface area (Å²) in [5, 5.41) is 3.12. The number of guanidine groups is 1. The van der Waals surface area contributed by atoms with Gasteiger partial charge in [-0.1, -0.05) is 12.1 Å². The van der Waals surface area contributed by atoms with Crippen molar-refractivity contribution >= 4 is 17.3 Å². The molecule has 1 saturated heterocycles. The Morgan fingerprint density at radius 2 is 1.92 bits per heavy atom. The van der Waals surface area contributed by atoms with Gasteiger partial charge >= 0.3 is 0 Å². The third-order valence-corrected chi connectivity index (χ3v) is 4.59. The fourth-order valence-electron chi connectivity index (χ4n) is 3.18. The minimum atomic E-state index is 0.436. The topological polar surface area (TPSA) is 72.1 Å². The van der Waals surface area contributed by atoms with Gasteiger partial charge in [-0.15, -0.1) is 0 Å². The Bertz CT molecular complexity index is 746. The van der Waals surface area contributed by atoms with E-state index in [0.29, 0.717) is 18.4 Å². The summed E-state index contributed by atoms with van der Waals surface area (Å²) in [6.07, 6.45) is 1.09. The number of para-hydroxylation sites is 2. The lowest BCUT2D eigenvalue weighted by Gasteiger charge is -2.21. The molecule has 2 aromatic rings. The van der Waals surface area contributed by atoms with E-state index in [-0.39, 0.29) is 0 Å². The number of anilines is 2. The van der Waals surface area contributed by atoms with E-state index < -0.39 is 0 Å². The van der Waals surface area contributed by atoms with Gasteiger partial charge in [-0.05, 0) is 48.7 Å². The first-order valence-corrected chi connectivity index (χ1v) is 8.78. The fourth-order valence-corrected chi connectivity index (χ4v) is 3.18. The SMILES string of the molecule is COc1ccc(NC(N)=NCC2CCN(c3ccccc3OC)C2)cc1. The van der Waals surface area contributed by atoms with E-state index >= 15 is 0 Å². The van der Waals surface area contributed by atoms with Gasteiger partial charge in [0.25, 0.3) is 0 Å². The molecule has 0 radical (unpaired) electrons. The van der Waals surface area contributed by atoms with Crippen molar-refractivity contribution in [3.05, 3.63) is 48.5 Å². The summed E-state index contributed by atoms with van der Waals surface area (Å²) in [7, 11) is 3.36. The molecule has 0 bridgehead atoms. The van der Waals surface area contributed by atoms with Gasteiger partial charge in [0.15, 0.2) is 5.96 Å². The quantitative estimate of drug-likeness (QED) is 0.616. The average Bonchev–Trinajstić information content (AvgIpc) is 3.16. The lowest BCUT2D eigenvalue weighted by molar-refractivity contribution is 0.414. The lowest BCUT2D eigenvalue weighted by atomic mass is 10.1. The van der Waals surface area contributed by atoms with Crippen LogP contribution in [-0.2, 0) is 0 Å². The van der Waals surface area contributed by atoms with Crippen molar-refractivity contribution < 1.29 is 9.47 Å². The van der Waals surface area contributed by atoms with E-state index in [9.17, 15) is 0 Å². The summed E-state index contributed by atoms with van der Waals surface area (Å²) in [4.78, 5) is 6.86. The van der Waals surface area contributed by atoms with Crippen LogP contribution in [0.3, 0.4) is 0 Å². The van der Waals surface area contributed by atoms with Crippen LogP contribution in [0.5, 0.6) is 11.5 Å². The molecular weight excluding hydrogens is 328 g/mol. The Morgan fingerprint density at radius 1 is 1.15 bits per heavy atom. The summed E-state index contributed by atoms with van der Waals surface area (Å²) in [6.45, 7) is 2.67.